The first-order valence-corrected chi connectivity index (χ1v) is 18.9. The molecular formula is C53H35NO. The van der Waals surface area contributed by atoms with Crippen LogP contribution in [0, 0.1) is 0 Å². The molecule has 0 unspecified atom stereocenters. The average molecular weight is 702 g/mol. The molecule has 1 spiro atoms. The fraction of sp³-hybridized carbons (Fsp3) is 0.0189. The molecule has 1 aliphatic heterocycles. The zero-order valence-electron chi connectivity index (χ0n) is 30.1. The van der Waals surface area contributed by atoms with E-state index in [0.29, 0.717) is 0 Å². The summed E-state index contributed by atoms with van der Waals surface area (Å²) in [7, 11) is 0. The topological polar surface area (TPSA) is 12.5 Å². The van der Waals surface area contributed by atoms with Crippen LogP contribution in [0.2, 0.25) is 0 Å². The Hall–Kier alpha value is -7.16. The van der Waals surface area contributed by atoms with Crippen LogP contribution in [0.3, 0.4) is 0 Å². The molecule has 2 aliphatic rings. The Morgan fingerprint density at radius 2 is 0.873 bits per heavy atom. The maximum Gasteiger partial charge on any atom is 0.140 e. The third kappa shape index (κ3) is 4.68. The summed E-state index contributed by atoms with van der Waals surface area (Å²) >= 11 is 0. The highest BCUT2D eigenvalue weighted by atomic mass is 16.5. The fourth-order valence-electron chi connectivity index (χ4n) is 9.24. The van der Waals surface area contributed by atoms with Crippen LogP contribution < -0.4 is 9.64 Å². The van der Waals surface area contributed by atoms with Gasteiger partial charge in [-0.25, -0.2) is 0 Å². The standard InChI is InChI=1S/C53H35NO/c1-2-16-36(17-3-1)40-21-8-12-29-49(40)54(50-30-14-19-37-18-4-5-20-41(37)50)39-34-32-38(33-35-39)42-24-15-28-48-52(42)55-51-31-13-11-27-47(51)53(48)45-25-9-6-22-43(45)44-23-7-10-26-46(44)53/h1-35H. The van der Waals surface area contributed by atoms with Crippen molar-refractivity contribution in [3.05, 3.63) is 235 Å². The maximum atomic E-state index is 7.00. The molecule has 0 aromatic heterocycles. The summed E-state index contributed by atoms with van der Waals surface area (Å²) < 4.78 is 7.00. The molecular weight excluding hydrogens is 667 g/mol. The van der Waals surface area contributed by atoms with Gasteiger partial charge in [0.05, 0.1) is 16.8 Å². The SMILES string of the molecule is c1ccc(-c2ccccc2N(c2ccc(-c3cccc4c3Oc3ccccc3C43c4ccccc4-c4ccccc43)cc2)c2cccc3ccccc23)cc1. The maximum absolute atomic E-state index is 7.00. The smallest absolute Gasteiger partial charge is 0.140 e. The largest absolute Gasteiger partial charge is 0.456 e. The van der Waals surface area contributed by atoms with Crippen LogP contribution in [0.5, 0.6) is 11.5 Å². The Bertz CT molecular complexity index is 2860. The number of benzene rings is 9. The summed E-state index contributed by atoms with van der Waals surface area (Å²) in [6, 6.07) is 76.6. The van der Waals surface area contributed by atoms with Crippen molar-refractivity contribution in [1.29, 1.82) is 0 Å². The molecule has 258 valence electrons. The highest BCUT2D eigenvalue weighted by molar-refractivity contribution is 6.01. The Morgan fingerprint density at radius 1 is 0.345 bits per heavy atom. The van der Waals surface area contributed by atoms with Crippen molar-refractivity contribution in [1.82, 2.24) is 0 Å². The summed E-state index contributed by atoms with van der Waals surface area (Å²) in [6.45, 7) is 0. The lowest BCUT2D eigenvalue weighted by molar-refractivity contribution is 0.438. The van der Waals surface area contributed by atoms with E-state index in [9.17, 15) is 0 Å². The molecule has 0 radical (unpaired) electrons. The number of hydrogen-bond acceptors (Lipinski definition) is 2. The zero-order chi connectivity index (χ0) is 36.3. The highest BCUT2D eigenvalue weighted by Gasteiger charge is 2.51. The Balaban J connectivity index is 1.10. The third-order valence-electron chi connectivity index (χ3n) is 11.5. The molecule has 0 saturated carbocycles. The molecule has 1 heterocycles. The normalized spacial score (nSPS) is 13.0. The lowest BCUT2D eigenvalue weighted by atomic mass is 9.65. The quantitative estimate of drug-likeness (QED) is 0.177. The van der Waals surface area contributed by atoms with E-state index in [1.807, 2.05) is 0 Å². The van der Waals surface area contributed by atoms with E-state index in [-0.39, 0.29) is 0 Å². The van der Waals surface area contributed by atoms with Gasteiger partial charge in [0.2, 0.25) is 0 Å². The van der Waals surface area contributed by atoms with E-state index in [1.54, 1.807) is 0 Å². The molecule has 9 aromatic rings. The monoisotopic (exact) mass is 701 g/mol. The van der Waals surface area contributed by atoms with E-state index in [4.69, 9.17) is 4.74 Å². The minimum atomic E-state index is -0.500. The second kappa shape index (κ2) is 12.5. The van der Waals surface area contributed by atoms with Gasteiger partial charge in [0.25, 0.3) is 0 Å². The molecule has 0 N–H and O–H groups in total. The van der Waals surface area contributed by atoms with Crippen LogP contribution in [-0.4, -0.2) is 0 Å². The van der Waals surface area contributed by atoms with Crippen molar-refractivity contribution in [2.24, 2.45) is 0 Å². The minimum Gasteiger partial charge on any atom is -0.456 e. The van der Waals surface area contributed by atoms with Crippen molar-refractivity contribution < 1.29 is 4.74 Å². The Labute approximate surface area is 321 Å². The molecule has 0 bridgehead atoms. The number of para-hydroxylation sites is 3. The number of ether oxygens (including phenoxy) is 1. The van der Waals surface area contributed by atoms with Gasteiger partial charge in [-0.1, -0.05) is 182 Å². The van der Waals surface area contributed by atoms with Gasteiger partial charge in [-0.3, -0.25) is 0 Å². The van der Waals surface area contributed by atoms with Crippen molar-refractivity contribution in [3.63, 3.8) is 0 Å². The van der Waals surface area contributed by atoms with Gasteiger partial charge in [0, 0.05) is 33.3 Å². The van der Waals surface area contributed by atoms with Gasteiger partial charge >= 0.3 is 0 Å². The van der Waals surface area contributed by atoms with E-state index >= 15 is 0 Å². The van der Waals surface area contributed by atoms with Crippen LogP contribution in [0.4, 0.5) is 17.1 Å². The predicted molar refractivity (Wildman–Crippen MR) is 227 cm³/mol. The van der Waals surface area contributed by atoms with Gasteiger partial charge in [-0.2, -0.15) is 0 Å². The van der Waals surface area contributed by atoms with Crippen LogP contribution in [0.25, 0.3) is 44.2 Å². The summed E-state index contributed by atoms with van der Waals surface area (Å²) in [5, 5.41) is 2.40. The van der Waals surface area contributed by atoms with Crippen LogP contribution in [-0.2, 0) is 5.41 Å². The van der Waals surface area contributed by atoms with E-state index in [2.05, 4.69) is 217 Å². The summed E-state index contributed by atoms with van der Waals surface area (Å²) in [5.41, 5.74) is 14.8. The highest BCUT2D eigenvalue weighted by Crippen LogP contribution is 2.63. The second-order valence-electron chi connectivity index (χ2n) is 14.4. The molecule has 9 aromatic carbocycles. The van der Waals surface area contributed by atoms with Crippen molar-refractivity contribution in [2.75, 3.05) is 4.90 Å². The van der Waals surface area contributed by atoms with Crippen LogP contribution in [0.1, 0.15) is 22.3 Å². The molecule has 0 amide bonds. The minimum absolute atomic E-state index is 0.500. The number of fused-ring (bicyclic) bond motifs is 10. The van der Waals surface area contributed by atoms with Crippen molar-refractivity contribution >= 4 is 27.8 Å². The molecule has 2 heteroatoms. The molecule has 2 nitrogen and oxygen atoms in total. The third-order valence-corrected chi connectivity index (χ3v) is 11.5. The predicted octanol–water partition coefficient (Wildman–Crippen LogP) is 14.1. The number of anilines is 3. The summed E-state index contributed by atoms with van der Waals surface area (Å²) in [6.07, 6.45) is 0. The lowest BCUT2D eigenvalue weighted by Crippen LogP contribution is -2.32. The first kappa shape index (κ1) is 31.4. The molecule has 0 atom stereocenters. The van der Waals surface area contributed by atoms with Gasteiger partial charge in [-0.05, 0) is 69.1 Å². The van der Waals surface area contributed by atoms with E-state index < -0.39 is 5.41 Å². The number of hydrogen-bond donors (Lipinski definition) is 0. The Morgan fingerprint density at radius 3 is 1.65 bits per heavy atom. The van der Waals surface area contributed by atoms with E-state index in [0.717, 1.165) is 39.7 Å². The molecule has 0 saturated heterocycles. The van der Waals surface area contributed by atoms with Gasteiger partial charge < -0.3 is 9.64 Å². The van der Waals surface area contributed by atoms with Crippen LogP contribution in [0.15, 0.2) is 212 Å². The van der Waals surface area contributed by atoms with Gasteiger partial charge in [-0.15, -0.1) is 0 Å². The molecule has 11 rings (SSSR count). The first-order valence-electron chi connectivity index (χ1n) is 18.9. The van der Waals surface area contributed by atoms with Gasteiger partial charge in [0.15, 0.2) is 0 Å². The average Bonchev–Trinajstić information content (AvgIpc) is 3.55. The lowest BCUT2D eigenvalue weighted by Gasteiger charge is -2.40. The first-order chi connectivity index (χ1) is 27.3. The molecule has 1 aliphatic carbocycles. The second-order valence-corrected chi connectivity index (χ2v) is 14.4. The fourth-order valence-corrected chi connectivity index (χ4v) is 9.24. The summed E-state index contributed by atoms with van der Waals surface area (Å²) in [4.78, 5) is 2.41. The van der Waals surface area contributed by atoms with Gasteiger partial charge in [0.1, 0.15) is 11.5 Å². The summed E-state index contributed by atoms with van der Waals surface area (Å²) in [5.74, 6) is 1.80. The van der Waals surface area contributed by atoms with Crippen LogP contribution >= 0.6 is 0 Å². The van der Waals surface area contributed by atoms with Crippen molar-refractivity contribution in [2.45, 2.75) is 5.41 Å². The number of rotatable bonds is 5. The molecule has 0 fully saturated rings. The molecule has 55 heavy (non-hydrogen) atoms. The number of nitrogens with zero attached hydrogens (tertiary/aromatic N) is 1. The van der Waals surface area contributed by atoms with Crippen molar-refractivity contribution in [3.8, 4) is 44.9 Å². The zero-order valence-corrected chi connectivity index (χ0v) is 30.1. The van der Waals surface area contributed by atoms with E-state index in [1.165, 1.54) is 55.3 Å². The Kier molecular flexibility index (Phi) is 7.11.